The molecule has 0 aliphatic heterocycles. The van der Waals surface area contributed by atoms with Crippen LogP contribution in [0.2, 0.25) is 0 Å². The van der Waals surface area contributed by atoms with Gasteiger partial charge in [0.05, 0.1) is 20.3 Å². The number of hydrogen-bond donors (Lipinski definition) is 4. The van der Waals surface area contributed by atoms with Crippen molar-refractivity contribution in [1.29, 1.82) is 0 Å². The zero-order valence-electron chi connectivity index (χ0n) is 31.1. The fourth-order valence-corrected chi connectivity index (χ4v) is 5.26. The van der Waals surface area contributed by atoms with Crippen LogP contribution in [0.4, 0.5) is 4.79 Å². The summed E-state index contributed by atoms with van der Waals surface area (Å²) in [5.41, 5.74) is 10.2. The number of carbonyl (C=O) groups excluding carboxylic acids is 5. The minimum Gasteiger partial charge on any atom is -0.467 e. The first-order valence-electron chi connectivity index (χ1n) is 18.2. The van der Waals surface area contributed by atoms with Crippen molar-refractivity contribution in [3.8, 4) is 0 Å². The number of carbonyl (C=O) groups is 5. The van der Waals surface area contributed by atoms with Crippen LogP contribution in [0.15, 0.2) is 65.8 Å². The summed E-state index contributed by atoms with van der Waals surface area (Å²) in [6, 6.07) is 15.5. The molecule has 0 spiro atoms. The molecule has 0 aromatic heterocycles. The molecule has 4 N–H and O–H groups in total. The predicted octanol–water partition coefficient (Wildman–Crippen LogP) is 5.23. The number of esters is 1. The van der Waals surface area contributed by atoms with Gasteiger partial charge >= 0.3 is 12.1 Å². The molecule has 0 fully saturated rings. The van der Waals surface area contributed by atoms with Gasteiger partial charge in [-0.2, -0.15) is 0 Å². The Morgan fingerprint density at radius 3 is 2.02 bits per heavy atom. The van der Waals surface area contributed by atoms with Gasteiger partial charge < -0.3 is 35.5 Å². The molecule has 0 radical (unpaired) electrons. The number of benzene rings is 2. The Bertz CT molecular complexity index is 1440. The van der Waals surface area contributed by atoms with Crippen LogP contribution < -0.4 is 21.3 Å². The number of alkyl carbamates (subject to hydrolysis) is 1. The number of nitrogens with one attached hydrogen (secondary N) is 4. The van der Waals surface area contributed by atoms with Crippen LogP contribution in [-0.2, 0) is 46.6 Å². The predicted molar refractivity (Wildman–Crippen MR) is 199 cm³/mol. The van der Waals surface area contributed by atoms with E-state index in [1.165, 1.54) is 7.11 Å². The summed E-state index contributed by atoms with van der Waals surface area (Å²) in [6.45, 7) is 4.66. The molecule has 2 aromatic rings. The molecule has 0 aliphatic rings. The van der Waals surface area contributed by atoms with Crippen LogP contribution in [0, 0.1) is 5.92 Å². The molecule has 15 heteroatoms. The van der Waals surface area contributed by atoms with Crippen molar-refractivity contribution in [2.75, 3.05) is 26.8 Å². The highest BCUT2D eigenvalue weighted by Gasteiger charge is 2.30. The van der Waals surface area contributed by atoms with Gasteiger partial charge in [0.2, 0.25) is 17.7 Å². The van der Waals surface area contributed by atoms with Gasteiger partial charge in [-0.05, 0) is 61.1 Å². The summed E-state index contributed by atoms with van der Waals surface area (Å²) in [7, 11) is 1.24. The SMILES string of the molecule is COC(=O)[C@H](CC(C)C)NC(=O)[C@H](CCCCNC(=O)OCc1ccccc1)NC(=O)[C@H](COCc1ccccc1)NC(=O)CCCCCCN=[N+]=[N-]. The minimum atomic E-state index is -1.11. The number of unbranched alkanes of at least 4 members (excludes halogenated alkanes) is 4. The van der Waals surface area contributed by atoms with E-state index >= 15 is 0 Å². The molecule has 3 atom stereocenters. The molecule has 53 heavy (non-hydrogen) atoms. The first-order chi connectivity index (χ1) is 25.6. The number of hydrogen-bond acceptors (Lipinski definition) is 9. The summed E-state index contributed by atoms with van der Waals surface area (Å²) in [6.07, 6.45) is 3.82. The zero-order valence-corrected chi connectivity index (χ0v) is 31.1. The monoisotopic (exact) mass is 737 g/mol. The molecule has 0 aliphatic carbocycles. The van der Waals surface area contributed by atoms with E-state index in [1.807, 2.05) is 74.5 Å². The van der Waals surface area contributed by atoms with Crippen LogP contribution in [0.3, 0.4) is 0 Å². The Morgan fingerprint density at radius 1 is 0.755 bits per heavy atom. The van der Waals surface area contributed by atoms with E-state index < -0.39 is 42.0 Å². The van der Waals surface area contributed by atoms with E-state index in [1.54, 1.807) is 0 Å². The minimum absolute atomic E-state index is 0.0626. The summed E-state index contributed by atoms with van der Waals surface area (Å²) in [5, 5.41) is 14.5. The largest absolute Gasteiger partial charge is 0.467 e. The lowest BCUT2D eigenvalue weighted by molar-refractivity contribution is -0.146. The topological polar surface area (TPSA) is 210 Å². The van der Waals surface area contributed by atoms with E-state index in [-0.39, 0.29) is 51.0 Å². The van der Waals surface area contributed by atoms with Gasteiger partial charge in [0.15, 0.2) is 0 Å². The van der Waals surface area contributed by atoms with Crippen molar-refractivity contribution in [3.05, 3.63) is 82.2 Å². The molecule has 0 unspecified atom stereocenters. The number of azide groups is 1. The van der Waals surface area contributed by atoms with E-state index in [9.17, 15) is 24.0 Å². The first-order valence-corrected chi connectivity index (χ1v) is 18.2. The highest BCUT2D eigenvalue weighted by molar-refractivity contribution is 5.93. The Balaban J connectivity index is 2.08. The van der Waals surface area contributed by atoms with Gasteiger partial charge in [-0.25, -0.2) is 9.59 Å². The molecule has 15 nitrogen and oxygen atoms in total. The molecule has 4 amide bonds. The van der Waals surface area contributed by atoms with E-state index in [2.05, 4.69) is 31.3 Å². The fraction of sp³-hybridized carbons (Fsp3) is 0.553. The van der Waals surface area contributed by atoms with Crippen molar-refractivity contribution >= 4 is 29.8 Å². The standard InChI is InChI=1S/C38H55N7O8/c1-28(2)24-32(37(49)51-3)44-35(47)31(20-13-15-22-40-38(50)53-26-30-18-10-7-11-19-30)43-36(48)33(27-52-25-29-16-8-6-9-17-29)42-34(46)21-12-4-5-14-23-41-45-39/h6-11,16-19,28,31-33H,4-5,12-15,20-27H2,1-3H3,(H,40,50)(H,42,46)(H,43,48)(H,44,47)/t31-,32-,33-/m0/s1. The maximum atomic E-state index is 13.7. The molecule has 2 rings (SSSR count). The Morgan fingerprint density at radius 2 is 1.38 bits per heavy atom. The summed E-state index contributed by atoms with van der Waals surface area (Å²) in [4.78, 5) is 67.7. The van der Waals surface area contributed by atoms with E-state index in [0.717, 1.165) is 30.4 Å². The highest BCUT2D eigenvalue weighted by Crippen LogP contribution is 2.10. The van der Waals surface area contributed by atoms with Crippen molar-refractivity contribution in [2.24, 2.45) is 11.0 Å². The summed E-state index contributed by atoms with van der Waals surface area (Å²) in [5.74, 6) is -2.10. The third-order valence-corrected chi connectivity index (χ3v) is 8.07. The number of ether oxygens (including phenoxy) is 3. The zero-order chi connectivity index (χ0) is 38.7. The van der Waals surface area contributed by atoms with Crippen LogP contribution in [0.25, 0.3) is 10.4 Å². The highest BCUT2D eigenvalue weighted by atomic mass is 16.5. The van der Waals surface area contributed by atoms with Crippen molar-refractivity contribution in [2.45, 2.75) is 103 Å². The molecule has 0 heterocycles. The van der Waals surface area contributed by atoms with Crippen LogP contribution in [0.1, 0.15) is 82.8 Å². The smallest absolute Gasteiger partial charge is 0.407 e. The molecule has 2 aromatic carbocycles. The van der Waals surface area contributed by atoms with Crippen molar-refractivity contribution in [1.82, 2.24) is 21.3 Å². The lowest BCUT2D eigenvalue weighted by Crippen LogP contribution is -2.57. The number of amides is 4. The summed E-state index contributed by atoms with van der Waals surface area (Å²) < 4.78 is 16.0. The molecular formula is C38H55N7O8. The number of methoxy groups -OCH3 is 1. The van der Waals surface area contributed by atoms with Gasteiger partial charge in [-0.1, -0.05) is 92.5 Å². The maximum Gasteiger partial charge on any atom is 0.407 e. The van der Waals surface area contributed by atoms with Crippen LogP contribution >= 0.6 is 0 Å². The molecule has 0 saturated carbocycles. The Kier molecular flexibility index (Phi) is 22.1. The van der Waals surface area contributed by atoms with Crippen LogP contribution in [0.5, 0.6) is 0 Å². The van der Waals surface area contributed by atoms with Gasteiger partial charge in [-0.3, -0.25) is 14.4 Å². The van der Waals surface area contributed by atoms with Crippen molar-refractivity contribution in [3.63, 3.8) is 0 Å². The maximum absolute atomic E-state index is 13.7. The Hall–Kier alpha value is -5.14. The molecule has 290 valence electrons. The quantitative estimate of drug-likeness (QED) is 0.0329. The lowest BCUT2D eigenvalue weighted by Gasteiger charge is -2.25. The second kappa shape index (κ2) is 26.6. The molecule has 0 saturated heterocycles. The number of nitrogens with zero attached hydrogens (tertiary/aromatic N) is 3. The molecular weight excluding hydrogens is 682 g/mol. The van der Waals surface area contributed by atoms with Gasteiger partial charge in [0.25, 0.3) is 0 Å². The summed E-state index contributed by atoms with van der Waals surface area (Å²) >= 11 is 0. The van der Waals surface area contributed by atoms with Gasteiger partial charge in [-0.15, -0.1) is 0 Å². The lowest BCUT2D eigenvalue weighted by atomic mass is 10.0. The van der Waals surface area contributed by atoms with Crippen molar-refractivity contribution < 1.29 is 38.2 Å². The molecule has 0 bridgehead atoms. The van der Waals surface area contributed by atoms with E-state index in [0.29, 0.717) is 32.2 Å². The second-order valence-electron chi connectivity index (χ2n) is 13.0. The second-order valence-corrected chi connectivity index (χ2v) is 13.0. The third-order valence-electron chi connectivity index (χ3n) is 8.07. The average molecular weight is 738 g/mol. The number of rotatable bonds is 26. The van der Waals surface area contributed by atoms with Gasteiger partial charge in [0, 0.05) is 24.4 Å². The van der Waals surface area contributed by atoms with Crippen LogP contribution in [-0.4, -0.2) is 74.7 Å². The fourth-order valence-electron chi connectivity index (χ4n) is 5.26. The normalized spacial score (nSPS) is 12.4. The third kappa shape index (κ3) is 19.9. The van der Waals surface area contributed by atoms with E-state index in [4.69, 9.17) is 19.7 Å². The Labute approximate surface area is 311 Å². The van der Waals surface area contributed by atoms with Gasteiger partial charge in [0.1, 0.15) is 24.7 Å². The first kappa shape index (κ1) is 44.0. The average Bonchev–Trinajstić information content (AvgIpc) is 3.15.